The summed E-state index contributed by atoms with van der Waals surface area (Å²) in [6, 6.07) is 15.5. The van der Waals surface area contributed by atoms with Crippen molar-refractivity contribution >= 4 is 11.8 Å². The first-order valence-electron chi connectivity index (χ1n) is 8.18. The van der Waals surface area contributed by atoms with Crippen LogP contribution in [-0.4, -0.2) is 29.2 Å². The van der Waals surface area contributed by atoms with Gasteiger partial charge in [0.2, 0.25) is 11.8 Å². The molecule has 0 aromatic heterocycles. The van der Waals surface area contributed by atoms with E-state index >= 15 is 0 Å². The first-order chi connectivity index (χ1) is 12.4. The number of carbonyl (C=O) groups is 2. The SMILES string of the molecule is CC(N)C(O)NC(=O)C(C(N)=O)c1ccc(OCc2ccccc2)cc1. The van der Waals surface area contributed by atoms with Gasteiger partial charge in [0, 0.05) is 6.04 Å². The Morgan fingerprint density at radius 2 is 1.73 bits per heavy atom. The van der Waals surface area contributed by atoms with Crippen molar-refractivity contribution in [3.8, 4) is 5.75 Å². The van der Waals surface area contributed by atoms with Crippen LogP contribution in [0.3, 0.4) is 0 Å². The Balaban J connectivity index is 2.05. The number of aliphatic hydroxyl groups is 1. The predicted molar refractivity (Wildman–Crippen MR) is 97.0 cm³/mol. The van der Waals surface area contributed by atoms with Crippen molar-refractivity contribution < 1.29 is 19.4 Å². The quantitative estimate of drug-likeness (QED) is 0.407. The first-order valence-corrected chi connectivity index (χ1v) is 8.18. The van der Waals surface area contributed by atoms with Crippen LogP contribution in [0.2, 0.25) is 0 Å². The third-order valence-electron chi connectivity index (χ3n) is 3.80. The molecule has 26 heavy (non-hydrogen) atoms. The molecule has 0 fully saturated rings. The molecule has 7 nitrogen and oxygen atoms in total. The molecular formula is C19H23N3O4. The number of carbonyl (C=O) groups excluding carboxylic acids is 2. The third kappa shape index (κ3) is 5.30. The molecule has 0 aliphatic carbocycles. The molecule has 3 atom stereocenters. The van der Waals surface area contributed by atoms with Crippen LogP contribution < -0.4 is 21.5 Å². The Bertz CT molecular complexity index is 732. The van der Waals surface area contributed by atoms with Crippen LogP contribution in [-0.2, 0) is 16.2 Å². The molecule has 0 radical (unpaired) electrons. The summed E-state index contributed by atoms with van der Waals surface area (Å²) in [5.74, 6) is -2.17. The third-order valence-corrected chi connectivity index (χ3v) is 3.80. The zero-order valence-corrected chi connectivity index (χ0v) is 14.5. The van der Waals surface area contributed by atoms with Gasteiger partial charge in [-0.1, -0.05) is 42.5 Å². The van der Waals surface area contributed by atoms with E-state index in [1.807, 2.05) is 30.3 Å². The maximum atomic E-state index is 12.2. The fourth-order valence-electron chi connectivity index (χ4n) is 2.30. The molecule has 2 amide bonds. The molecule has 6 N–H and O–H groups in total. The van der Waals surface area contributed by atoms with Crippen LogP contribution in [0.15, 0.2) is 54.6 Å². The van der Waals surface area contributed by atoms with E-state index in [0.29, 0.717) is 17.9 Å². The number of rotatable bonds is 8. The zero-order chi connectivity index (χ0) is 19.1. The first kappa shape index (κ1) is 19.4. The van der Waals surface area contributed by atoms with E-state index in [2.05, 4.69) is 5.32 Å². The Hall–Kier alpha value is -2.90. The van der Waals surface area contributed by atoms with E-state index in [1.54, 1.807) is 24.3 Å². The van der Waals surface area contributed by atoms with Crippen molar-refractivity contribution in [3.05, 3.63) is 65.7 Å². The van der Waals surface area contributed by atoms with Gasteiger partial charge < -0.3 is 26.6 Å². The average molecular weight is 357 g/mol. The highest BCUT2D eigenvalue weighted by Crippen LogP contribution is 2.21. The van der Waals surface area contributed by atoms with Crippen molar-refractivity contribution in [3.63, 3.8) is 0 Å². The van der Waals surface area contributed by atoms with Crippen LogP contribution in [0.1, 0.15) is 24.0 Å². The number of hydrogen-bond acceptors (Lipinski definition) is 5. The Morgan fingerprint density at radius 1 is 1.12 bits per heavy atom. The molecule has 0 bridgehead atoms. The second-order valence-corrected chi connectivity index (χ2v) is 5.99. The Morgan fingerprint density at radius 3 is 2.27 bits per heavy atom. The number of nitrogens with two attached hydrogens (primary N) is 2. The number of hydrogen-bond donors (Lipinski definition) is 4. The topological polar surface area (TPSA) is 128 Å². The van der Waals surface area contributed by atoms with Crippen molar-refractivity contribution in [2.45, 2.75) is 31.7 Å². The van der Waals surface area contributed by atoms with Crippen molar-refractivity contribution in [2.24, 2.45) is 11.5 Å². The van der Waals surface area contributed by atoms with Crippen molar-refractivity contribution in [2.75, 3.05) is 0 Å². The molecule has 7 heteroatoms. The maximum Gasteiger partial charge on any atom is 0.239 e. The average Bonchev–Trinajstić information content (AvgIpc) is 2.61. The van der Waals surface area contributed by atoms with E-state index < -0.39 is 30.0 Å². The van der Waals surface area contributed by atoms with Crippen molar-refractivity contribution in [1.82, 2.24) is 5.32 Å². The zero-order valence-electron chi connectivity index (χ0n) is 14.5. The lowest BCUT2D eigenvalue weighted by Crippen LogP contribution is -2.49. The standard InChI is InChI=1S/C19H23N3O4/c1-12(20)18(24)22-19(25)16(17(21)23)14-7-9-15(10-8-14)26-11-13-5-3-2-4-6-13/h2-10,12,16,18,24H,11,20H2,1H3,(H2,21,23)(H,22,25). The lowest BCUT2D eigenvalue weighted by molar-refractivity contribution is -0.132. The number of amides is 2. The van der Waals surface area contributed by atoms with Gasteiger partial charge in [-0.05, 0) is 30.2 Å². The number of ether oxygens (including phenoxy) is 1. The monoisotopic (exact) mass is 357 g/mol. The van der Waals surface area contributed by atoms with Gasteiger partial charge in [-0.25, -0.2) is 0 Å². The fourth-order valence-corrected chi connectivity index (χ4v) is 2.30. The molecule has 0 aliphatic rings. The fraction of sp³-hybridized carbons (Fsp3) is 0.263. The molecular weight excluding hydrogens is 334 g/mol. The summed E-state index contributed by atoms with van der Waals surface area (Å²) in [6.45, 7) is 1.93. The van der Waals surface area contributed by atoms with E-state index in [9.17, 15) is 14.7 Å². The smallest absolute Gasteiger partial charge is 0.239 e. The number of nitrogens with one attached hydrogen (secondary N) is 1. The summed E-state index contributed by atoms with van der Waals surface area (Å²) in [5, 5.41) is 11.9. The highest BCUT2D eigenvalue weighted by molar-refractivity contribution is 6.05. The van der Waals surface area contributed by atoms with E-state index in [1.165, 1.54) is 6.92 Å². The van der Waals surface area contributed by atoms with E-state index in [-0.39, 0.29) is 0 Å². The molecule has 3 unspecified atom stereocenters. The summed E-state index contributed by atoms with van der Waals surface area (Å²) in [6.07, 6.45) is -1.27. The van der Waals surface area contributed by atoms with Crippen LogP contribution in [0.25, 0.3) is 0 Å². The van der Waals surface area contributed by atoms with Crippen LogP contribution in [0.4, 0.5) is 0 Å². The summed E-state index contributed by atoms with van der Waals surface area (Å²) in [5.41, 5.74) is 12.3. The minimum absolute atomic E-state index is 0.402. The second kappa shape index (κ2) is 8.98. The summed E-state index contributed by atoms with van der Waals surface area (Å²) < 4.78 is 5.67. The Labute approximate surface area is 152 Å². The predicted octanol–water partition coefficient (Wildman–Crippen LogP) is 0.616. The van der Waals surface area contributed by atoms with Gasteiger partial charge in [0.25, 0.3) is 0 Å². The van der Waals surface area contributed by atoms with E-state index in [4.69, 9.17) is 16.2 Å². The Kier molecular flexibility index (Phi) is 6.71. The summed E-state index contributed by atoms with van der Waals surface area (Å²) >= 11 is 0. The number of primary amides is 1. The minimum atomic E-state index is -1.27. The van der Waals surface area contributed by atoms with Gasteiger partial charge in [0.15, 0.2) is 0 Å². The van der Waals surface area contributed by atoms with Gasteiger partial charge in [-0.15, -0.1) is 0 Å². The van der Waals surface area contributed by atoms with E-state index in [0.717, 1.165) is 5.56 Å². The number of aliphatic hydroxyl groups excluding tert-OH is 1. The highest BCUT2D eigenvalue weighted by atomic mass is 16.5. The molecule has 0 spiro atoms. The molecule has 0 aliphatic heterocycles. The minimum Gasteiger partial charge on any atom is -0.489 e. The van der Waals surface area contributed by atoms with Gasteiger partial charge in [-0.3, -0.25) is 9.59 Å². The number of benzene rings is 2. The molecule has 0 saturated carbocycles. The normalized spacial score (nSPS) is 14.1. The van der Waals surface area contributed by atoms with Gasteiger partial charge >= 0.3 is 0 Å². The van der Waals surface area contributed by atoms with Gasteiger partial charge in [0.1, 0.15) is 24.5 Å². The summed E-state index contributed by atoms with van der Waals surface area (Å²) in [7, 11) is 0. The molecule has 2 rings (SSSR count). The molecule has 2 aromatic carbocycles. The van der Waals surface area contributed by atoms with Gasteiger partial charge in [0.05, 0.1) is 0 Å². The largest absolute Gasteiger partial charge is 0.489 e. The van der Waals surface area contributed by atoms with Gasteiger partial charge in [-0.2, -0.15) is 0 Å². The highest BCUT2D eigenvalue weighted by Gasteiger charge is 2.28. The van der Waals surface area contributed by atoms with Crippen molar-refractivity contribution in [1.29, 1.82) is 0 Å². The molecule has 0 saturated heterocycles. The maximum absolute atomic E-state index is 12.2. The van der Waals surface area contributed by atoms with Crippen LogP contribution in [0, 0.1) is 0 Å². The molecule has 138 valence electrons. The lowest BCUT2D eigenvalue weighted by atomic mass is 9.97. The summed E-state index contributed by atoms with van der Waals surface area (Å²) in [4.78, 5) is 23.9. The van der Waals surface area contributed by atoms with Crippen LogP contribution in [0.5, 0.6) is 5.75 Å². The lowest BCUT2D eigenvalue weighted by Gasteiger charge is -2.20. The second-order valence-electron chi connectivity index (χ2n) is 5.99. The molecule has 0 heterocycles. The molecule has 2 aromatic rings. The van der Waals surface area contributed by atoms with Crippen LogP contribution >= 0.6 is 0 Å².